The van der Waals surface area contributed by atoms with E-state index in [1.165, 1.54) is 24.4 Å². The number of rotatable bonds is 6. The van der Waals surface area contributed by atoms with Crippen molar-refractivity contribution < 1.29 is 31.8 Å². The first-order valence-electron chi connectivity index (χ1n) is 9.52. The van der Waals surface area contributed by atoms with E-state index >= 15 is 4.39 Å². The second-order valence-corrected chi connectivity index (χ2v) is 7.42. The maximum absolute atomic E-state index is 15.4. The lowest BCUT2D eigenvalue weighted by molar-refractivity contribution is -0.174. The van der Waals surface area contributed by atoms with Gasteiger partial charge in [-0.2, -0.15) is 14.0 Å². The van der Waals surface area contributed by atoms with Crippen molar-refractivity contribution in [1.29, 1.82) is 5.26 Å². The standard InChI is InChI=1S/C21H19F4N5O3/c1-20(16(23)17(33-19(27)30-20)21(24,25)10-32-2)13-7-12(4-5-14(13)22)29-18(31)15-6-3-11(8-26)9-28-15/h3-7,9,16-17H,10H2,1-2H3,(H2,27,30)(H,29,31)/t16-,17-,20+/m0/s1. The second-order valence-electron chi connectivity index (χ2n) is 7.42. The minimum Gasteiger partial charge on any atom is -0.452 e. The van der Waals surface area contributed by atoms with Gasteiger partial charge in [0.2, 0.25) is 6.10 Å². The van der Waals surface area contributed by atoms with Gasteiger partial charge in [0.1, 0.15) is 29.7 Å². The van der Waals surface area contributed by atoms with Crippen LogP contribution in [0.1, 0.15) is 28.5 Å². The van der Waals surface area contributed by atoms with Crippen LogP contribution in [0.5, 0.6) is 0 Å². The summed E-state index contributed by atoms with van der Waals surface area (Å²) in [5.41, 5.74) is 3.13. The first-order valence-corrected chi connectivity index (χ1v) is 9.52. The third-order valence-electron chi connectivity index (χ3n) is 5.04. The lowest BCUT2D eigenvalue weighted by Gasteiger charge is -2.41. The molecule has 0 aliphatic carbocycles. The zero-order chi connectivity index (χ0) is 24.4. The number of aliphatic imine (C=N–C) groups is 1. The lowest BCUT2D eigenvalue weighted by atomic mass is 9.82. The number of hydrogen-bond donors (Lipinski definition) is 2. The van der Waals surface area contributed by atoms with Gasteiger partial charge in [0, 0.05) is 24.6 Å². The van der Waals surface area contributed by atoms with Crippen LogP contribution >= 0.6 is 0 Å². The fraction of sp³-hybridized carbons (Fsp3) is 0.333. The van der Waals surface area contributed by atoms with E-state index in [1.54, 1.807) is 0 Å². The maximum atomic E-state index is 15.4. The molecular formula is C21H19F4N5O3. The third-order valence-corrected chi connectivity index (χ3v) is 5.04. The molecule has 1 aromatic carbocycles. The van der Waals surface area contributed by atoms with Gasteiger partial charge >= 0.3 is 5.92 Å². The number of aromatic nitrogens is 1. The molecule has 8 nitrogen and oxygen atoms in total. The smallest absolute Gasteiger partial charge is 0.309 e. The number of nitrogens with zero attached hydrogens (tertiary/aromatic N) is 3. The fourth-order valence-corrected chi connectivity index (χ4v) is 3.37. The zero-order valence-electron chi connectivity index (χ0n) is 17.5. The highest BCUT2D eigenvalue weighted by Gasteiger charge is 2.57. The Morgan fingerprint density at radius 1 is 1.39 bits per heavy atom. The van der Waals surface area contributed by atoms with Gasteiger partial charge in [0.15, 0.2) is 6.17 Å². The summed E-state index contributed by atoms with van der Waals surface area (Å²) >= 11 is 0. The highest BCUT2D eigenvalue weighted by Crippen LogP contribution is 2.43. The summed E-state index contributed by atoms with van der Waals surface area (Å²) in [6.45, 7) is -0.0628. The highest BCUT2D eigenvalue weighted by molar-refractivity contribution is 6.02. The number of amidine groups is 1. The topological polar surface area (TPSA) is 123 Å². The molecule has 0 fully saturated rings. The molecule has 0 bridgehead atoms. The Morgan fingerprint density at radius 2 is 2.12 bits per heavy atom. The van der Waals surface area contributed by atoms with E-state index in [9.17, 15) is 18.0 Å². The number of benzene rings is 1. The Balaban J connectivity index is 1.95. The number of nitrogens with one attached hydrogen (secondary N) is 1. The third kappa shape index (κ3) is 4.73. The Bertz CT molecular complexity index is 1120. The summed E-state index contributed by atoms with van der Waals surface area (Å²) in [7, 11) is 1.01. The quantitative estimate of drug-likeness (QED) is 0.633. The number of halogens is 4. The summed E-state index contributed by atoms with van der Waals surface area (Å²) in [4.78, 5) is 20.1. The predicted molar refractivity (Wildman–Crippen MR) is 109 cm³/mol. The Morgan fingerprint density at radius 3 is 2.73 bits per heavy atom. The van der Waals surface area contributed by atoms with Crippen LogP contribution in [0.4, 0.5) is 23.2 Å². The number of ether oxygens (including phenoxy) is 2. The van der Waals surface area contributed by atoms with Crippen molar-refractivity contribution >= 4 is 17.6 Å². The van der Waals surface area contributed by atoms with E-state index in [0.29, 0.717) is 0 Å². The number of amides is 1. The van der Waals surface area contributed by atoms with Gasteiger partial charge < -0.3 is 20.5 Å². The molecule has 0 saturated heterocycles. The molecule has 0 saturated carbocycles. The van der Waals surface area contributed by atoms with E-state index in [-0.39, 0.29) is 16.9 Å². The van der Waals surface area contributed by atoms with Crippen molar-refractivity contribution in [3.63, 3.8) is 0 Å². The number of nitriles is 1. The molecular weight excluding hydrogens is 446 g/mol. The first kappa shape index (κ1) is 23.9. The van der Waals surface area contributed by atoms with Gasteiger partial charge in [0.25, 0.3) is 11.9 Å². The molecule has 1 aromatic heterocycles. The first-order chi connectivity index (χ1) is 15.5. The van der Waals surface area contributed by atoms with E-state index < -0.39 is 53.7 Å². The molecule has 1 amide bonds. The molecule has 1 aliphatic heterocycles. The largest absolute Gasteiger partial charge is 0.452 e. The van der Waals surface area contributed by atoms with Crippen molar-refractivity contribution in [2.45, 2.75) is 30.7 Å². The monoisotopic (exact) mass is 465 g/mol. The van der Waals surface area contributed by atoms with Crippen LogP contribution in [0.3, 0.4) is 0 Å². The summed E-state index contributed by atoms with van der Waals surface area (Å²) in [5, 5.41) is 11.3. The summed E-state index contributed by atoms with van der Waals surface area (Å²) in [6, 6.07) is 6.99. The van der Waals surface area contributed by atoms with Crippen molar-refractivity contribution in [2.75, 3.05) is 19.0 Å². The molecule has 3 atom stereocenters. The van der Waals surface area contributed by atoms with E-state index in [0.717, 1.165) is 26.2 Å². The molecule has 2 heterocycles. The Kier molecular flexibility index (Phi) is 6.55. The zero-order valence-corrected chi connectivity index (χ0v) is 17.5. The number of carbonyl (C=O) groups is 1. The van der Waals surface area contributed by atoms with Crippen molar-refractivity contribution in [3.8, 4) is 6.07 Å². The molecule has 1 aliphatic rings. The molecule has 3 N–H and O–H groups in total. The van der Waals surface area contributed by atoms with Crippen LogP contribution in [0.25, 0.3) is 0 Å². The van der Waals surface area contributed by atoms with Gasteiger partial charge in [-0.05, 0) is 37.3 Å². The normalized spacial score (nSPS) is 22.6. The van der Waals surface area contributed by atoms with Gasteiger partial charge in [-0.15, -0.1) is 0 Å². The molecule has 12 heteroatoms. The van der Waals surface area contributed by atoms with Crippen molar-refractivity contribution in [1.82, 2.24) is 4.98 Å². The minimum absolute atomic E-state index is 0.0245. The summed E-state index contributed by atoms with van der Waals surface area (Å²) in [5.74, 6) is -5.44. The fourth-order valence-electron chi connectivity index (χ4n) is 3.37. The second kappa shape index (κ2) is 9.03. The Hall–Kier alpha value is -3.72. The maximum Gasteiger partial charge on any atom is 0.309 e. The number of pyridine rings is 1. The number of anilines is 1. The average molecular weight is 465 g/mol. The van der Waals surface area contributed by atoms with Crippen molar-refractivity contribution in [3.05, 3.63) is 59.2 Å². The molecule has 174 valence electrons. The van der Waals surface area contributed by atoms with Gasteiger partial charge in [-0.1, -0.05) is 0 Å². The van der Waals surface area contributed by atoms with E-state index in [2.05, 4.69) is 20.0 Å². The van der Waals surface area contributed by atoms with E-state index in [4.69, 9.17) is 15.7 Å². The van der Waals surface area contributed by atoms with Crippen molar-refractivity contribution in [2.24, 2.45) is 10.7 Å². The number of methoxy groups -OCH3 is 1. The number of nitrogens with two attached hydrogens (primary N) is 1. The summed E-state index contributed by atoms with van der Waals surface area (Å²) < 4.78 is 68.1. The Labute approximate surface area is 186 Å². The van der Waals surface area contributed by atoms with Crippen LogP contribution in [0.2, 0.25) is 0 Å². The molecule has 0 radical (unpaired) electrons. The number of carbonyl (C=O) groups excluding carboxylic acids is 1. The number of alkyl halides is 3. The number of hydrogen-bond acceptors (Lipinski definition) is 7. The van der Waals surface area contributed by atoms with Gasteiger partial charge in [-0.3, -0.25) is 4.79 Å². The lowest BCUT2D eigenvalue weighted by Crippen LogP contribution is -2.57. The molecule has 3 rings (SSSR count). The SMILES string of the molecule is COCC(F)(F)[C@H]1OC(N)=N[C@](C)(c2cc(NC(=O)c3ccc(C#N)cn3)ccc2F)[C@H]1F. The predicted octanol–water partition coefficient (Wildman–Crippen LogP) is 2.89. The molecule has 2 aromatic rings. The van der Waals surface area contributed by atoms with Gasteiger partial charge in [0.05, 0.1) is 5.56 Å². The molecule has 0 unspecified atom stereocenters. The van der Waals surface area contributed by atoms with Crippen LogP contribution in [-0.4, -0.2) is 48.8 Å². The van der Waals surface area contributed by atoms with Crippen LogP contribution in [0, 0.1) is 17.1 Å². The molecule has 33 heavy (non-hydrogen) atoms. The van der Waals surface area contributed by atoms with Crippen LogP contribution in [0.15, 0.2) is 41.5 Å². The van der Waals surface area contributed by atoms with Gasteiger partial charge in [-0.25, -0.2) is 18.8 Å². The summed E-state index contributed by atoms with van der Waals surface area (Å²) in [6.07, 6.45) is -3.71. The van der Waals surface area contributed by atoms with E-state index in [1.807, 2.05) is 6.07 Å². The highest BCUT2D eigenvalue weighted by atomic mass is 19.3. The average Bonchev–Trinajstić information content (AvgIpc) is 2.77. The molecule has 0 spiro atoms. The van der Waals surface area contributed by atoms with Crippen LogP contribution in [-0.2, 0) is 15.0 Å². The van der Waals surface area contributed by atoms with Crippen LogP contribution < -0.4 is 11.1 Å². The minimum atomic E-state index is -3.79.